The highest BCUT2D eigenvalue weighted by Gasteiger charge is 2.24. The minimum absolute atomic E-state index is 0.0535. The Morgan fingerprint density at radius 1 is 1.13 bits per heavy atom. The van der Waals surface area contributed by atoms with Crippen LogP contribution in [0.4, 0.5) is 5.82 Å². The number of β-amino-alcohol motifs (C(OH)–C–C–N with tert-alkyl or cyclic N) is 1. The van der Waals surface area contributed by atoms with Crippen LogP contribution in [0.5, 0.6) is 0 Å². The van der Waals surface area contributed by atoms with Crippen molar-refractivity contribution in [1.29, 1.82) is 0 Å². The van der Waals surface area contributed by atoms with Gasteiger partial charge in [-0.1, -0.05) is 0 Å². The summed E-state index contributed by atoms with van der Waals surface area (Å²) in [5.41, 5.74) is 0.414. The molecule has 3 rings (SSSR count). The van der Waals surface area contributed by atoms with Crippen molar-refractivity contribution >= 4 is 11.7 Å². The summed E-state index contributed by atoms with van der Waals surface area (Å²) in [4.78, 5) is 18.7. The Balaban J connectivity index is 1.56. The lowest BCUT2D eigenvalue weighted by Gasteiger charge is -2.35. The summed E-state index contributed by atoms with van der Waals surface area (Å²) in [6.07, 6.45) is 2.05. The maximum atomic E-state index is 12.5. The summed E-state index contributed by atoms with van der Waals surface area (Å²) in [7, 11) is 0. The van der Waals surface area contributed by atoms with E-state index >= 15 is 0 Å². The number of nitrogens with zero attached hydrogens (tertiary/aromatic N) is 5. The van der Waals surface area contributed by atoms with E-state index in [0.29, 0.717) is 25.3 Å². The second-order valence-corrected chi connectivity index (χ2v) is 6.41. The van der Waals surface area contributed by atoms with E-state index in [-0.39, 0.29) is 12.0 Å². The summed E-state index contributed by atoms with van der Waals surface area (Å²) < 4.78 is 0. The molecule has 1 atom stereocenters. The zero-order valence-electron chi connectivity index (χ0n) is 13.7. The molecular weight excluding hydrogens is 294 g/mol. The largest absolute Gasteiger partial charge is 0.392 e. The van der Waals surface area contributed by atoms with Gasteiger partial charge in [-0.15, -0.1) is 10.2 Å². The Hall–Kier alpha value is -1.73. The number of hydrogen-bond acceptors (Lipinski definition) is 6. The lowest BCUT2D eigenvalue weighted by Crippen LogP contribution is -2.50. The van der Waals surface area contributed by atoms with Gasteiger partial charge in [0.25, 0.3) is 5.91 Å². The maximum Gasteiger partial charge on any atom is 0.274 e. The SMILES string of the molecule is C[C@@H](O)CN1CCN(C(=O)c2ccc(N3CCCC3)nn2)CC1. The average molecular weight is 319 g/mol. The number of aliphatic hydroxyl groups excluding tert-OH is 1. The molecule has 3 heterocycles. The average Bonchev–Trinajstić information content (AvgIpc) is 3.09. The predicted octanol–water partition coefficient (Wildman–Crippen LogP) is 0.215. The molecule has 2 aliphatic heterocycles. The van der Waals surface area contributed by atoms with Crippen molar-refractivity contribution in [3.05, 3.63) is 17.8 Å². The molecule has 0 saturated carbocycles. The molecule has 0 bridgehead atoms. The van der Waals surface area contributed by atoms with Gasteiger partial charge in [-0.3, -0.25) is 9.69 Å². The predicted molar refractivity (Wildman–Crippen MR) is 87.5 cm³/mol. The van der Waals surface area contributed by atoms with Crippen LogP contribution in [0.2, 0.25) is 0 Å². The van der Waals surface area contributed by atoms with Crippen molar-refractivity contribution in [1.82, 2.24) is 20.0 Å². The van der Waals surface area contributed by atoms with Crippen molar-refractivity contribution in [2.24, 2.45) is 0 Å². The number of anilines is 1. The van der Waals surface area contributed by atoms with E-state index in [1.165, 1.54) is 12.8 Å². The quantitative estimate of drug-likeness (QED) is 0.856. The zero-order valence-corrected chi connectivity index (χ0v) is 13.7. The van der Waals surface area contributed by atoms with Crippen LogP contribution in [0.3, 0.4) is 0 Å². The van der Waals surface area contributed by atoms with Crippen molar-refractivity contribution in [2.45, 2.75) is 25.9 Å². The molecule has 0 aromatic carbocycles. The van der Waals surface area contributed by atoms with Crippen LogP contribution in [0.25, 0.3) is 0 Å². The molecule has 2 saturated heterocycles. The number of aromatic nitrogens is 2. The summed E-state index contributed by atoms with van der Waals surface area (Å²) in [6.45, 7) is 7.40. The molecule has 0 radical (unpaired) electrons. The maximum absolute atomic E-state index is 12.5. The van der Waals surface area contributed by atoms with Gasteiger partial charge in [0.05, 0.1) is 6.10 Å². The van der Waals surface area contributed by atoms with Crippen LogP contribution in [-0.4, -0.2) is 82.9 Å². The number of hydrogen-bond donors (Lipinski definition) is 1. The minimum atomic E-state index is -0.332. The summed E-state index contributed by atoms with van der Waals surface area (Å²) >= 11 is 0. The van der Waals surface area contributed by atoms with E-state index < -0.39 is 0 Å². The standard InChI is InChI=1S/C16H25N5O2/c1-13(22)12-19-8-10-21(11-9-19)16(23)14-4-5-15(18-17-14)20-6-2-3-7-20/h4-5,13,22H,2-3,6-12H2,1H3/t13-/m1/s1. The molecule has 1 N–H and O–H groups in total. The van der Waals surface area contributed by atoms with Crippen LogP contribution in [0, 0.1) is 0 Å². The highest BCUT2D eigenvalue weighted by molar-refractivity contribution is 5.92. The number of piperazine rings is 1. The van der Waals surface area contributed by atoms with E-state index in [4.69, 9.17) is 0 Å². The molecule has 23 heavy (non-hydrogen) atoms. The molecule has 1 amide bonds. The minimum Gasteiger partial charge on any atom is -0.392 e. The molecule has 126 valence electrons. The summed E-state index contributed by atoms with van der Waals surface area (Å²) in [5, 5.41) is 17.8. The first-order valence-corrected chi connectivity index (χ1v) is 8.42. The third-order valence-corrected chi connectivity index (χ3v) is 4.48. The Morgan fingerprint density at radius 3 is 2.39 bits per heavy atom. The number of carbonyl (C=O) groups is 1. The van der Waals surface area contributed by atoms with E-state index in [1.807, 2.05) is 11.0 Å². The summed E-state index contributed by atoms with van der Waals surface area (Å²) in [6, 6.07) is 3.68. The second kappa shape index (κ2) is 7.23. The normalized spacial score (nSPS) is 20.8. The zero-order chi connectivity index (χ0) is 16.2. The molecule has 0 spiro atoms. The van der Waals surface area contributed by atoms with Gasteiger partial charge in [-0.25, -0.2) is 0 Å². The lowest BCUT2D eigenvalue weighted by molar-refractivity contribution is 0.0548. The first-order chi connectivity index (χ1) is 11.1. The van der Waals surface area contributed by atoms with E-state index in [2.05, 4.69) is 20.0 Å². The highest BCUT2D eigenvalue weighted by Crippen LogP contribution is 2.17. The molecule has 2 fully saturated rings. The van der Waals surface area contributed by atoms with Gasteiger partial charge in [-0.2, -0.15) is 0 Å². The molecule has 0 aliphatic carbocycles. The number of amides is 1. The van der Waals surface area contributed by atoms with E-state index in [9.17, 15) is 9.90 Å². The summed E-state index contributed by atoms with van der Waals surface area (Å²) in [5.74, 6) is 0.808. The molecule has 1 aromatic rings. The molecule has 7 nitrogen and oxygen atoms in total. The van der Waals surface area contributed by atoms with Gasteiger partial charge in [-0.05, 0) is 31.9 Å². The molecular formula is C16H25N5O2. The van der Waals surface area contributed by atoms with Gasteiger partial charge in [0.2, 0.25) is 0 Å². The lowest BCUT2D eigenvalue weighted by atomic mass is 10.2. The smallest absolute Gasteiger partial charge is 0.274 e. The second-order valence-electron chi connectivity index (χ2n) is 6.41. The van der Waals surface area contributed by atoms with Crippen molar-refractivity contribution < 1.29 is 9.90 Å². The first-order valence-electron chi connectivity index (χ1n) is 8.42. The van der Waals surface area contributed by atoms with Gasteiger partial charge in [0.1, 0.15) is 0 Å². The number of carbonyl (C=O) groups excluding carboxylic acids is 1. The van der Waals surface area contributed by atoms with Crippen molar-refractivity contribution in [3.8, 4) is 0 Å². The van der Waals surface area contributed by atoms with E-state index in [1.54, 1.807) is 13.0 Å². The van der Waals surface area contributed by atoms with Crippen LogP contribution < -0.4 is 4.90 Å². The fourth-order valence-corrected chi connectivity index (χ4v) is 3.22. The molecule has 0 unspecified atom stereocenters. The van der Waals surface area contributed by atoms with Crippen LogP contribution in [0.15, 0.2) is 12.1 Å². The fourth-order valence-electron chi connectivity index (χ4n) is 3.22. The van der Waals surface area contributed by atoms with Crippen molar-refractivity contribution in [3.63, 3.8) is 0 Å². The van der Waals surface area contributed by atoms with Crippen LogP contribution >= 0.6 is 0 Å². The Kier molecular flexibility index (Phi) is 5.07. The third-order valence-electron chi connectivity index (χ3n) is 4.48. The van der Waals surface area contributed by atoms with Gasteiger partial charge in [0, 0.05) is 45.8 Å². The third kappa shape index (κ3) is 3.97. The van der Waals surface area contributed by atoms with E-state index in [0.717, 1.165) is 32.0 Å². The monoisotopic (exact) mass is 319 g/mol. The molecule has 7 heteroatoms. The first kappa shape index (κ1) is 16.1. The van der Waals surface area contributed by atoms with Crippen LogP contribution in [0.1, 0.15) is 30.3 Å². The van der Waals surface area contributed by atoms with Crippen molar-refractivity contribution in [2.75, 3.05) is 50.7 Å². The Morgan fingerprint density at radius 2 is 1.83 bits per heavy atom. The van der Waals surface area contributed by atoms with Gasteiger partial charge in [0.15, 0.2) is 11.5 Å². The Labute approximate surface area is 136 Å². The number of aliphatic hydroxyl groups is 1. The topological polar surface area (TPSA) is 72.8 Å². The van der Waals surface area contributed by atoms with Gasteiger partial charge < -0.3 is 14.9 Å². The molecule has 2 aliphatic rings. The fraction of sp³-hybridized carbons (Fsp3) is 0.688. The highest BCUT2D eigenvalue weighted by atomic mass is 16.3. The number of rotatable bonds is 4. The molecule has 1 aromatic heterocycles. The Bertz CT molecular complexity index is 520. The van der Waals surface area contributed by atoms with Crippen LogP contribution in [-0.2, 0) is 0 Å². The van der Waals surface area contributed by atoms with Gasteiger partial charge >= 0.3 is 0 Å².